The van der Waals surface area contributed by atoms with Gasteiger partial charge in [-0.05, 0) is 24.3 Å². The highest BCUT2D eigenvalue weighted by atomic mass is 35.5. The van der Waals surface area contributed by atoms with Gasteiger partial charge in [0.2, 0.25) is 0 Å². The van der Waals surface area contributed by atoms with Crippen molar-refractivity contribution in [1.29, 1.82) is 0 Å². The van der Waals surface area contributed by atoms with Crippen molar-refractivity contribution in [2.45, 2.75) is 6.54 Å². The Balaban J connectivity index is 1.54. The number of para-hydroxylation sites is 2. The summed E-state index contributed by atoms with van der Waals surface area (Å²) in [7, 11) is 0. The molecule has 7 heteroatoms. The van der Waals surface area contributed by atoms with Crippen LogP contribution in [0, 0.1) is 0 Å². The maximum Gasteiger partial charge on any atom is 0.121 e. The highest BCUT2D eigenvalue weighted by Crippen LogP contribution is 2.37. The van der Waals surface area contributed by atoms with Crippen molar-refractivity contribution >= 4 is 34.2 Å². The largest absolute Gasteiger partial charge is 0.252 e. The van der Waals surface area contributed by atoms with E-state index in [4.69, 9.17) is 28.2 Å². The molecular weight excluding hydrogens is 489 g/mol. The first-order chi connectivity index (χ1) is 17.7. The number of nitrogens with zero attached hydrogens (tertiary/aromatic N) is 5. The molecule has 174 valence electrons. The van der Waals surface area contributed by atoms with E-state index in [1.54, 1.807) is 6.20 Å². The van der Waals surface area contributed by atoms with Crippen molar-refractivity contribution < 1.29 is 0 Å². The van der Waals surface area contributed by atoms with Gasteiger partial charge in [-0.25, -0.2) is 9.67 Å². The third-order valence-electron chi connectivity index (χ3n) is 6.06. The highest BCUT2D eigenvalue weighted by Gasteiger charge is 2.21. The fraction of sp³-hybridized carbons (Fsp3) is 0.0345. The second-order valence-corrected chi connectivity index (χ2v) is 9.11. The van der Waals surface area contributed by atoms with Gasteiger partial charge in [-0.2, -0.15) is 0 Å². The molecule has 6 rings (SSSR count). The average Bonchev–Trinajstić information content (AvgIpc) is 3.34. The molecule has 0 spiro atoms. The Bertz CT molecular complexity index is 1680. The van der Waals surface area contributed by atoms with Crippen LogP contribution in [0.3, 0.4) is 0 Å². The number of benzene rings is 4. The van der Waals surface area contributed by atoms with E-state index < -0.39 is 0 Å². The average molecular weight is 508 g/mol. The second kappa shape index (κ2) is 9.53. The van der Waals surface area contributed by atoms with E-state index in [0.717, 1.165) is 50.4 Å². The highest BCUT2D eigenvalue weighted by molar-refractivity contribution is 6.36. The van der Waals surface area contributed by atoms with Gasteiger partial charge in [0.05, 0.1) is 35.2 Å². The van der Waals surface area contributed by atoms with Crippen molar-refractivity contribution in [1.82, 2.24) is 25.0 Å². The molecule has 0 N–H and O–H groups in total. The molecule has 0 aliphatic heterocycles. The van der Waals surface area contributed by atoms with Crippen LogP contribution in [0.25, 0.3) is 44.8 Å². The molecule has 0 fully saturated rings. The molecule has 0 aliphatic carbocycles. The topological polar surface area (TPSA) is 56.5 Å². The van der Waals surface area contributed by atoms with Crippen LogP contribution in [-0.2, 0) is 6.54 Å². The van der Waals surface area contributed by atoms with Gasteiger partial charge in [-0.3, -0.25) is 4.98 Å². The van der Waals surface area contributed by atoms with Gasteiger partial charge in [0.15, 0.2) is 0 Å². The van der Waals surface area contributed by atoms with E-state index >= 15 is 0 Å². The fourth-order valence-corrected chi connectivity index (χ4v) is 4.84. The van der Waals surface area contributed by atoms with Crippen molar-refractivity contribution in [3.8, 4) is 33.8 Å². The van der Waals surface area contributed by atoms with Crippen LogP contribution in [-0.4, -0.2) is 25.0 Å². The molecule has 36 heavy (non-hydrogen) atoms. The third-order valence-corrected chi connectivity index (χ3v) is 6.77. The van der Waals surface area contributed by atoms with E-state index in [0.29, 0.717) is 16.6 Å². The lowest BCUT2D eigenvalue weighted by molar-refractivity contribution is 0.656. The zero-order chi connectivity index (χ0) is 24.5. The minimum atomic E-state index is 0.383. The summed E-state index contributed by atoms with van der Waals surface area (Å²) < 4.78 is 1.85. The molecule has 0 bridgehead atoms. The number of aromatic nitrogens is 5. The lowest BCUT2D eigenvalue weighted by atomic mass is 9.98. The van der Waals surface area contributed by atoms with E-state index in [1.807, 2.05) is 102 Å². The first-order valence-electron chi connectivity index (χ1n) is 11.4. The monoisotopic (exact) mass is 507 g/mol. The molecule has 0 saturated carbocycles. The van der Waals surface area contributed by atoms with Gasteiger partial charge in [0.25, 0.3) is 0 Å². The van der Waals surface area contributed by atoms with E-state index in [2.05, 4.69) is 15.3 Å². The maximum atomic E-state index is 6.49. The van der Waals surface area contributed by atoms with Crippen molar-refractivity contribution in [3.05, 3.63) is 119 Å². The summed E-state index contributed by atoms with van der Waals surface area (Å²) in [5.41, 5.74) is 7.70. The van der Waals surface area contributed by atoms with Gasteiger partial charge in [-0.1, -0.05) is 101 Å². The molecule has 2 heterocycles. The second-order valence-electron chi connectivity index (χ2n) is 8.30. The predicted molar refractivity (Wildman–Crippen MR) is 145 cm³/mol. The van der Waals surface area contributed by atoms with E-state index in [1.165, 1.54) is 0 Å². The van der Waals surface area contributed by atoms with Crippen molar-refractivity contribution in [3.63, 3.8) is 0 Å². The first kappa shape index (κ1) is 22.4. The summed E-state index contributed by atoms with van der Waals surface area (Å²) in [4.78, 5) is 9.50. The molecule has 2 aromatic heterocycles. The summed E-state index contributed by atoms with van der Waals surface area (Å²) in [6, 6.07) is 31.5. The van der Waals surface area contributed by atoms with Crippen LogP contribution in [0.1, 0.15) is 5.56 Å². The van der Waals surface area contributed by atoms with Gasteiger partial charge in [0, 0.05) is 32.3 Å². The Morgan fingerprint density at radius 1 is 0.667 bits per heavy atom. The van der Waals surface area contributed by atoms with Crippen LogP contribution in [0.5, 0.6) is 0 Å². The van der Waals surface area contributed by atoms with Gasteiger partial charge < -0.3 is 0 Å². The summed E-state index contributed by atoms with van der Waals surface area (Å²) in [6.45, 7) is 0.383. The molecule has 0 atom stereocenters. The number of fused-ring (bicyclic) bond motifs is 1. The Hall–Kier alpha value is -4.06. The van der Waals surface area contributed by atoms with Gasteiger partial charge >= 0.3 is 0 Å². The summed E-state index contributed by atoms with van der Waals surface area (Å²) >= 11 is 13.0. The standard InChI is InChI=1S/C29H19Cl2N5/c30-23-13-8-14-24(31)22(23)18-36-29(19-9-2-1-3-10-19)28(34-35-36)21-12-5-4-11-20(21)27-17-32-25-15-6-7-16-26(25)33-27/h1-17H,18H2. The summed E-state index contributed by atoms with van der Waals surface area (Å²) in [6.07, 6.45) is 1.80. The Morgan fingerprint density at radius 3 is 2.11 bits per heavy atom. The van der Waals surface area contributed by atoms with Gasteiger partial charge in [0.1, 0.15) is 5.69 Å². The van der Waals surface area contributed by atoms with E-state index in [9.17, 15) is 0 Å². The maximum absolute atomic E-state index is 6.49. The molecule has 0 amide bonds. The quantitative estimate of drug-likeness (QED) is 0.241. The van der Waals surface area contributed by atoms with Crippen LogP contribution in [0.4, 0.5) is 0 Å². The first-order valence-corrected chi connectivity index (χ1v) is 12.2. The van der Waals surface area contributed by atoms with E-state index in [-0.39, 0.29) is 0 Å². The Morgan fingerprint density at radius 2 is 1.33 bits per heavy atom. The molecule has 0 radical (unpaired) electrons. The van der Waals surface area contributed by atoms with Crippen molar-refractivity contribution in [2.24, 2.45) is 0 Å². The molecule has 0 unspecified atom stereocenters. The number of hydrogen-bond donors (Lipinski definition) is 0. The molecule has 0 aliphatic rings. The van der Waals surface area contributed by atoms with Crippen LogP contribution >= 0.6 is 23.2 Å². The molecule has 4 aromatic carbocycles. The van der Waals surface area contributed by atoms with Crippen LogP contribution in [0.15, 0.2) is 103 Å². The Kier molecular flexibility index (Phi) is 5.93. The third kappa shape index (κ3) is 4.13. The zero-order valence-electron chi connectivity index (χ0n) is 19.0. The SMILES string of the molecule is Clc1cccc(Cl)c1Cn1nnc(-c2ccccc2-c2cnc3ccccc3n2)c1-c1ccccc1. The van der Waals surface area contributed by atoms with Gasteiger partial charge in [-0.15, -0.1) is 5.10 Å². The summed E-state index contributed by atoms with van der Waals surface area (Å²) in [5.74, 6) is 0. The lowest BCUT2D eigenvalue weighted by Gasteiger charge is -2.13. The minimum absolute atomic E-state index is 0.383. The lowest BCUT2D eigenvalue weighted by Crippen LogP contribution is -2.05. The van der Waals surface area contributed by atoms with Crippen LogP contribution in [0.2, 0.25) is 10.0 Å². The fourth-order valence-electron chi connectivity index (χ4n) is 4.32. The zero-order valence-corrected chi connectivity index (χ0v) is 20.5. The molecular formula is C29H19Cl2N5. The molecule has 0 saturated heterocycles. The molecule has 6 aromatic rings. The number of rotatable bonds is 5. The predicted octanol–water partition coefficient (Wildman–Crippen LogP) is 7.58. The number of halogens is 2. The Labute approximate surface area is 218 Å². The van der Waals surface area contributed by atoms with Crippen molar-refractivity contribution in [2.75, 3.05) is 0 Å². The minimum Gasteiger partial charge on any atom is -0.252 e. The number of hydrogen-bond acceptors (Lipinski definition) is 4. The summed E-state index contributed by atoms with van der Waals surface area (Å²) in [5, 5.41) is 10.4. The normalized spacial score (nSPS) is 11.2. The molecule has 5 nitrogen and oxygen atoms in total. The van der Waals surface area contributed by atoms with Crippen LogP contribution < -0.4 is 0 Å². The smallest absolute Gasteiger partial charge is 0.121 e.